The zero-order valence-corrected chi connectivity index (χ0v) is 16.6. The number of sulfonamides is 1. The standard InChI is InChI=1S/C22H20N2O4S/c1-15-9-11-17(12-10-15)29(27,28)24-20(13-14-21(24)25)22(26)23-19-8-4-6-16-5-2-3-7-18(16)19/h2-12,20H,13-14H2,1H3,(H,23,26)/t20-/m1/s1. The topological polar surface area (TPSA) is 83.6 Å². The smallest absolute Gasteiger partial charge is 0.267 e. The number of aryl methyl sites for hydroxylation is 1. The van der Waals surface area contributed by atoms with Gasteiger partial charge in [0, 0.05) is 17.5 Å². The first kappa shape index (κ1) is 19.1. The van der Waals surface area contributed by atoms with E-state index in [4.69, 9.17) is 0 Å². The van der Waals surface area contributed by atoms with E-state index in [1.54, 1.807) is 18.2 Å². The summed E-state index contributed by atoms with van der Waals surface area (Å²) in [6.45, 7) is 1.85. The van der Waals surface area contributed by atoms with Crippen molar-refractivity contribution in [3.8, 4) is 0 Å². The molecular weight excluding hydrogens is 388 g/mol. The highest BCUT2D eigenvalue weighted by atomic mass is 32.2. The second-order valence-corrected chi connectivity index (χ2v) is 8.89. The van der Waals surface area contributed by atoms with E-state index in [-0.39, 0.29) is 17.7 Å². The van der Waals surface area contributed by atoms with Crippen LogP contribution in [-0.2, 0) is 19.6 Å². The Kier molecular flexibility index (Phi) is 4.84. The van der Waals surface area contributed by atoms with Crippen LogP contribution in [0.25, 0.3) is 10.8 Å². The largest absolute Gasteiger partial charge is 0.324 e. The van der Waals surface area contributed by atoms with Crippen LogP contribution >= 0.6 is 0 Å². The first-order valence-electron chi connectivity index (χ1n) is 9.30. The molecule has 7 heteroatoms. The lowest BCUT2D eigenvalue weighted by Gasteiger charge is -2.24. The number of fused-ring (bicyclic) bond motifs is 1. The van der Waals surface area contributed by atoms with Crippen molar-refractivity contribution in [2.24, 2.45) is 0 Å². The van der Waals surface area contributed by atoms with Crippen molar-refractivity contribution in [3.05, 3.63) is 72.3 Å². The van der Waals surface area contributed by atoms with Gasteiger partial charge in [-0.05, 0) is 36.9 Å². The van der Waals surface area contributed by atoms with E-state index < -0.39 is 27.9 Å². The van der Waals surface area contributed by atoms with Crippen LogP contribution in [0.4, 0.5) is 5.69 Å². The number of benzene rings is 3. The van der Waals surface area contributed by atoms with Crippen LogP contribution in [-0.4, -0.2) is 30.6 Å². The molecule has 6 nitrogen and oxygen atoms in total. The minimum atomic E-state index is -4.11. The molecule has 1 N–H and O–H groups in total. The molecule has 1 fully saturated rings. The molecule has 0 radical (unpaired) electrons. The number of amides is 2. The molecule has 1 saturated heterocycles. The number of carbonyl (C=O) groups excluding carboxylic acids is 2. The van der Waals surface area contributed by atoms with Crippen molar-refractivity contribution >= 4 is 38.3 Å². The van der Waals surface area contributed by atoms with Gasteiger partial charge in [-0.15, -0.1) is 0 Å². The normalized spacial score (nSPS) is 16.9. The molecule has 3 aromatic rings. The molecule has 1 atom stereocenters. The van der Waals surface area contributed by atoms with Crippen LogP contribution in [0.3, 0.4) is 0 Å². The fourth-order valence-electron chi connectivity index (χ4n) is 3.57. The molecule has 3 aromatic carbocycles. The van der Waals surface area contributed by atoms with Gasteiger partial charge in [-0.3, -0.25) is 9.59 Å². The Bertz CT molecular complexity index is 1200. The maximum atomic E-state index is 13.1. The van der Waals surface area contributed by atoms with E-state index in [2.05, 4.69) is 5.32 Å². The fraction of sp³-hybridized carbons (Fsp3) is 0.182. The molecule has 0 unspecified atom stereocenters. The summed E-state index contributed by atoms with van der Waals surface area (Å²) in [5.41, 5.74) is 1.49. The van der Waals surface area contributed by atoms with Crippen LogP contribution in [0.2, 0.25) is 0 Å². The zero-order valence-electron chi connectivity index (χ0n) is 15.8. The van der Waals surface area contributed by atoms with E-state index in [9.17, 15) is 18.0 Å². The van der Waals surface area contributed by atoms with Gasteiger partial charge in [0.25, 0.3) is 10.0 Å². The number of hydrogen-bond acceptors (Lipinski definition) is 4. The zero-order chi connectivity index (χ0) is 20.6. The molecule has 0 bridgehead atoms. The van der Waals surface area contributed by atoms with Crippen LogP contribution in [0.5, 0.6) is 0 Å². The van der Waals surface area contributed by atoms with Crippen molar-refractivity contribution in [2.45, 2.75) is 30.7 Å². The first-order chi connectivity index (χ1) is 13.9. The number of rotatable bonds is 4. The van der Waals surface area contributed by atoms with Crippen molar-refractivity contribution in [2.75, 3.05) is 5.32 Å². The Labute approximate surface area is 169 Å². The number of nitrogens with one attached hydrogen (secondary N) is 1. The van der Waals surface area contributed by atoms with E-state index in [1.807, 2.05) is 43.3 Å². The maximum absolute atomic E-state index is 13.1. The van der Waals surface area contributed by atoms with E-state index in [0.717, 1.165) is 20.6 Å². The Hall–Kier alpha value is -3.19. The average Bonchev–Trinajstić information content (AvgIpc) is 3.11. The third kappa shape index (κ3) is 3.49. The summed E-state index contributed by atoms with van der Waals surface area (Å²) in [7, 11) is -4.11. The molecule has 0 aromatic heterocycles. The molecule has 1 aliphatic heterocycles. The molecule has 29 heavy (non-hydrogen) atoms. The van der Waals surface area contributed by atoms with Gasteiger partial charge in [0.15, 0.2) is 0 Å². The predicted molar refractivity (Wildman–Crippen MR) is 111 cm³/mol. The molecule has 4 rings (SSSR count). The van der Waals surface area contributed by atoms with Gasteiger partial charge >= 0.3 is 0 Å². The van der Waals surface area contributed by atoms with Gasteiger partial charge in [-0.1, -0.05) is 54.1 Å². The summed E-state index contributed by atoms with van der Waals surface area (Å²) in [4.78, 5) is 25.4. The maximum Gasteiger partial charge on any atom is 0.267 e. The third-order valence-corrected chi connectivity index (χ3v) is 6.93. The van der Waals surface area contributed by atoms with Crippen LogP contribution < -0.4 is 5.32 Å². The Morgan fingerprint density at radius 3 is 2.45 bits per heavy atom. The van der Waals surface area contributed by atoms with Gasteiger partial charge < -0.3 is 5.32 Å². The highest BCUT2D eigenvalue weighted by molar-refractivity contribution is 7.89. The van der Waals surface area contributed by atoms with Crippen LogP contribution in [0.15, 0.2) is 71.6 Å². The Morgan fingerprint density at radius 2 is 1.69 bits per heavy atom. The van der Waals surface area contributed by atoms with E-state index in [1.165, 1.54) is 12.1 Å². The second kappa shape index (κ2) is 7.33. The molecule has 0 spiro atoms. The second-order valence-electron chi connectivity index (χ2n) is 7.08. The summed E-state index contributed by atoms with van der Waals surface area (Å²) < 4.78 is 26.9. The number of nitrogens with zero attached hydrogens (tertiary/aromatic N) is 1. The first-order valence-corrected chi connectivity index (χ1v) is 10.7. The summed E-state index contributed by atoms with van der Waals surface area (Å²) in [6, 6.07) is 18.2. The van der Waals surface area contributed by atoms with Crippen molar-refractivity contribution in [3.63, 3.8) is 0 Å². The van der Waals surface area contributed by atoms with E-state index in [0.29, 0.717) is 5.69 Å². The SMILES string of the molecule is Cc1ccc(S(=O)(=O)N2C(=O)CC[C@@H]2C(=O)Nc2cccc3ccccc23)cc1. The van der Waals surface area contributed by atoms with Crippen molar-refractivity contribution < 1.29 is 18.0 Å². The molecular formula is C22H20N2O4S. The van der Waals surface area contributed by atoms with Gasteiger partial charge in [0.05, 0.1) is 4.90 Å². The molecule has 1 aliphatic rings. The molecule has 0 aliphatic carbocycles. The lowest BCUT2D eigenvalue weighted by Crippen LogP contribution is -2.45. The highest BCUT2D eigenvalue weighted by Gasteiger charge is 2.44. The average molecular weight is 408 g/mol. The third-order valence-electron chi connectivity index (χ3n) is 5.09. The van der Waals surface area contributed by atoms with Crippen molar-refractivity contribution in [1.29, 1.82) is 0 Å². The highest BCUT2D eigenvalue weighted by Crippen LogP contribution is 2.29. The van der Waals surface area contributed by atoms with Crippen molar-refractivity contribution in [1.82, 2.24) is 4.31 Å². The molecule has 148 valence electrons. The predicted octanol–water partition coefficient (Wildman–Crippen LogP) is 3.47. The summed E-state index contributed by atoms with van der Waals surface area (Å²) >= 11 is 0. The molecule has 1 heterocycles. The summed E-state index contributed by atoms with van der Waals surface area (Å²) in [5, 5.41) is 4.62. The van der Waals surface area contributed by atoms with Gasteiger partial charge in [-0.2, -0.15) is 0 Å². The quantitative estimate of drug-likeness (QED) is 0.717. The minimum absolute atomic E-state index is 0.00121. The van der Waals surface area contributed by atoms with Gasteiger partial charge in [0.1, 0.15) is 6.04 Å². The monoisotopic (exact) mass is 408 g/mol. The number of carbonyl (C=O) groups is 2. The fourth-order valence-corrected chi connectivity index (χ4v) is 5.18. The number of anilines is 1. The van der Waals surface area contributed by atoms with Crippen LogP contribution in [0.1, 0.15) is 18.4 Å². The lowest BCUT2D eigenvalue weighted by atomic mass is 10.1. The van der Waals surface area contributed by atoms with E-state index >= 15 is 0 Å². The van der Waals surface area contributed by atoms with Crippen LogP contribution in [0, 0.1) is 6.92 Å². The summed E-state index contributed by atoms with van der Waals surface area (Å²) in [6.07, 6.45) is 0.166. The molecule has 0 saturated carbocycles. The minimum Gasteiger partial charge on any atom is -0.324 e. The number of hydrogen-bond donors (Lipinski definition) is 1. The van der Waals surface area contributed by atoms with Gasteiger partial charge in [0.2, 0.25) is 11.8 Å². The Morgan fingerprint density at radius 1 is 1.00 bits per heavy atom. The summed E-state index contributed by atoms with van der Waals surface area (Å²) in [5.74, 6) is -1.08. The lowest BCUT2D eigenvalue weighted by molar-refractivity contribution is -0.128. The molecule has 2 amide bonds. The van der Waals surface area contributed by atoms with Gasteiger partial charge in [-0.25, -0.2) is 12.7 Å². The Balaban J connectivity index is 1.65.